The highest BCUT2D eigenvalue weighted by atomic mass is 16.5. The second-order valence-electron chi connectivity index (χ2n) is 6.64. The number of nitrogens with zero attached hydrogens (tertiary/aromatic N) is 1. The third-order valence-corrected chi connectivity index (χ3v) is 3.74. The largest absolute Gasteiger partial charge is 0.467 e. The van der Waals surface area contributed by atoms with E-state index in [4.69, 9.17) is 10.00 Å². The third kappa shape index (κ3) is 5.10. The molecule has 0 aromatic heterocycles. The van der Waals surface area contributed by atoms with E-state index in [1.54, 1.807) is 19.1 Å². The maximum absolute atomic E-state index is 12.3. The molecule has 5 heteroatoms. The molecule has 23 heavy (non-hydrogen) atoms. The molecule has 124 valence electrons. The number of esters is 1. The van der Waals surface area contributed by atoms with E-state index in [2.05, 4.69) is 26.1 Å². The van der Waals surface area contributed by atoms with Gasteiger partial charge in [0, 0.05) is 17.9 Å². The second-order valence-corrected chi connectivity index (χ2v) is 6.64. The van der Waals surface area contributed by atoms with E-state index in [1.165, 1.54) is 7.11 Å². The molecule has 0 saturated heterocycles. The van der Waals surface area contributed by atoms with Gasteiger partial charge in [-0.1, -0.05) is 39.8 Å². The molecule has 0 unspecified atom stereocenters. The number of hydrogen-bond donors (Lipinski definition) is 1. The number of methoxy groups -OCH3 is 1. The quantitative estimate of drug-likeness (QED) is 0.847. The van der Waals surface area contributed by atoms with Gasteiger partial charge < -0.3 is 10.1 Å². The first-order valence-electron chi connectivity index (χ1n) is 7.57. The Kier molecular flexibility index (Phi) is 6.32. The van der Waals surface area contributed by atoms with E-state index in [0.717, 1.165) is 5.56 Å². The zero-order valence-corrected chi connectivity index (χ0v) is 14.3. The predicted octanol–water partition coefficient (Wildman–Crippen LogP) is 2.81. The Morgan fingerprint density at radius 2 is 1.83 bits per heavy atom. The molecule has 0 saturated carbocycles. The van der Waals surface area contributed by atoms with Crippen LogP contribution in [-0.4, -0.2) is 25.0 Å². The van der Waals surface area contributed by atoms with Crippen molar-refractivity contribution in [2.24, 2.45) is 5.92 Å². The molecule has 0 spiro atoms. The van der Waals surface area contributed by atoms with Crippen LogP contribution in [-0.2, 0) is 14.9 Å². The summed E-state index contributed by atoms with van der Waals surface area (Å²) < 4.78 is 4.72. The molecule has 1 aromatic rings. The monoisotopic (exact) mass is 316 g/mol. The van der Waals surface area contributed by atoms with Gasteiger partial charge in [0.1, 0.15) is 6.04 Å². The molecule has 0 bridgehead atoms. The number of nitrogens with one attached hydrogen (secondary N) is 1. The summed E-state index contributed by atoms with van der Waals surface area (Å²) in [6, 6.07) is 8.44. The fourth-order valence-electron chi connectivity index (χ4n) is 2.17. The van der Waals surface area contributed by atoms with E-state index in [9.17, 15) is 9.59 Å². The summed E-state index contributed by atoms with van der Waals surface area (Å²) in [6.07, 6.45) is 0.156. The Morgan fingerprint density at radius 3 is 2.26 bits per heavy atom. The summed E-state index contributed by atoms with van der Waals surface area (Å²) in [6.45, 7) is 8.02. The van der Waals surface area contributed by atoms with Gasteiger partial charge in [0.05, 0.1) is 13.2 Å². The average Bonchev–Trinajstić information content (AvgIpc) is 2.51. The van der Waals surface area contributed by atoms with Crippen LogP contribution in [0.15, 0.2) is 24.3 Å². The molecule has 0 aliphatic carbocycles. The normalized spacial score (nSPS) is 13.6. The second kappa shape index (κ2) is 7.77. The van der Waals surface area contributed by atoms with E-state index in [0.29, 0.717) is 5.56 Å². The highest BCUT2D eigenvalue weighted by Gasteiger charge is 2.28. The molecule has 0 radical (unpaired) electrons. The molecule has 1 amide bonds. The van der Waals surface area contributed by atoms with Crippen LogP contribution in [0.3, 0.4) is 0 Å². The molecular weight excluding hydrogens is 292 g/mol. The minimum Gasteiger partial charge on any atom is -0.467 e. The van der Waals surface area contributed by atoms with Crippen molar-refractivity contribution in [1.82, 2.24) is 5.32 Å². The average molecular weight is 316 g/mol. The van der Waals surface area contributed by atoms with Crippen molar-refractivity contribution < 1.29 is 14.3 Å². The van der Waals surface area contributed by atoms with Gasteiger partial charge in [-0.15, -0.1) is 0 Å². The fourth-order valence-corrected chi connectivity index (χ4v) is 2.17. The van der Waals surface area contributed by atoms with Crippen molar-refractivity contribution in [3.8, 4) is 6.07 Å². The zero-order valence-electron chi connectivity index (χ0n) is 14.3. The van der Waals surface area contributed by atoms with Crippen LogP contribution >= 0.6 is 0 Å². The lowest BCUT2D eigenvalue weighted by atomic mass is 9.86. The van der Waals surface area contributed by atoms with Gasteiger partial charge in [0.15, 0.2) is 0 Å². The van der Waals surface area contributed by atoms with Crippen LogP contribution in [0.4, 0.5) is 0 Å². The van der Waals surface area contributed by atoms with Gasteiger partial charge >= 0.3 is 5.97 Å². The van der Waals surface area contributed by atoms with Crippen LogP contribution in [0.2, 0.25) is 0 Å². The van der Waals surface area contributed by atoms with E-state index < -0.39 is 12.0 Å². The maximum Gasteiger partial charge on any atom is 0.328 e. The molecule has 1 aromatic carbocycles. The number of carbonyl (C=O) groups excluding carboxylic acids is 2. The predicted molar refractivity (Wildman–Crippen MR) is 87.8 cm³/mol. The van der Waals surface area contributed by atoms with Crippen molar-refractivity contribution in [3.05, 3.63) is 35.4 Å². The lowest BCUT2D eigenvalue weighted by molar-refractivity contribution is -0.144. The highest BCUT2D eigenvalue weighted by Crippen LogP contribution is 2.22. The lowest BCUT2D eigenvalue weighted by Gasteiger charge is -2.22. The van der Waals surface area contributed by atoms with Crippen LogP contribution in [0.25, 0.3) is 0 Å². The van der Waals surface area contributed by atoms with Crippen molar-refractivity contribution in [2.75, 3.05) is 7.11 Å². The number of ether oxygens (including phenoxy) is 1. The molecule has 2 atom stereocenters. The Labute approximate surface area is 137 Å². The van der Waals surface area contributed by atoms with Crippen molar-refractivity contribution in [2.45, 2.75) is 45.6 Å². The fraction of sp³-hybridized carbons (Fsp3) is 0.500. The number of nitriles is 1. The number of rotatable bonds is 5. The Bertz CT molecular complexity index is 594. The van der Waals surface area contributed by atoms with E-state index in [1.807, 2.05) is 18.2 Å². The standard InChI is InChI=1S/C18H24N2O3/c1-12(10-11-19)15(17(22)23-5)20-16(21)13-6-8-14(9-7-13)18(2,3)4/h6-9,12,15H,10H2,1-5H3,(H,20,21)/t12-,15-/m1/s1. The molecule has 0 aliphatic heterocycles. The zero-order chi connectivity index (χ0) is 17.6. The summed E-state index contributed by atoms with van der Waals surface area (Å²) in [5.41, 5.74) is 1.60. The molecule has 1 rings (SSSR count). The van der Waals surface area contributed by atoms with Gasteiger partial charge in [-0.3, -0.25) is 4.79 Å². The van der Waals surface area contributed by atoms with Crippen molar-refractivity contribution >= 4 is 11.9 Å². The highest BCUT2D eigenvalue weighted by molar-refractivity contribution is 5.96. The molecular formula is C18H24N2O3. The third-order valence-electron chi connectivity index (χ3n) is 3.74. The van der Waals surface area contributed by atoms with Crippen LogP contribution in [0, 0.1) is 17.2 Å². The Balaban J connectivity index is 2.90. The summed E-state index contributed by atoms with van der Waals surface area (Å²) in [7, 11) is 1.26. The first-order valence-corrected chi connectivity index (χ1v) is 7.57. The first-order chi connectivity index (χ1) is 10.7. The Hall–Kier alpha value is -2.35. The van der Waals surface area contributed by atoms with Crippen LogP contribution in [0.1, 0.15) is 50.0 Å². The first kappa shape index (κ1) is 18.7. The summed E-state index contributed by atoms with van der Waals surface area (Å²) in [5, 5.41) is 11.4. The van der Waals surface area contributed by atoms with E-state index in [-0.39, 0.29) is 23.7 Å². The topological polar surface area (TPSA) is 79.2 Å². The van der Waals surface area contributed by atoms with Gasteiger partial charge in [0.2, 0.25) is 0 Å². The molecule has 5 nitrogen and oxygen atoms in total. The number of benzene rings is 1. The van der Waals surface area contributed by atoms with E-state index >= 15 is 0 Å². The minimum atomic E-state index is -0.838. The Morgan fingerprint density at radius 1 is 1.26 bits per heavy atom. The minimum absolute atomic E-state index is 0.00483. The van der Waals surface area contributed by atoms with Crippen molar-refractivity contribution in [3.63, 3.8) is 0 Å². The van der Waals surface area contributed by atoms with Crippen LogP contribution in [0.5, 0.6) is 0 Å². The van der Waals surface area contributed by atoms with Crippen molar-refractivity contribution in [1.29, 1.82) is 5.26 Å². The number of amides is 1. The smallest absolute Gasteiger partial charge is 0.328 e. The van der Waals surface area contributed by atoms with Gasteiger partial charge in [-0.05, 0) is 23.1 Å². The molecule has 0 heterocycles. The lowest BCUT2D eigenvalue weighted by Crippen LogP contribution is -2.45. The number of hydrogen-bond acceptors (Lipinski definition) is 4. The summed E-state index contributed by atoms with van der Waals surface area (Å²) >= 11 is 0. The number of carbonyl (C=O) groups is 2. The van der Waals surface area contributed by atoms with Gasteiger partial charge in [-0.2, -0.15) is 5.26 Å². The SMILES string of the molecule is COC(=O)[C@H](NC(=O)c1ccc(C(C)(C)C)cc1)[C@H](C)CC#N. The van der Waals surface area contributed by atoms with Crippen LogP contribution < -0.4 is 5.32 Å². The summed E-state index contributed by atoms with van der Waals surface area (Å²) in [5.74, 6) is -1.23. The summed E-state index contributed by atoms with van der Waals surface area (Å²) in [4.78, 5) is 24.2. The van der Waals surface area contributed by atoms with Gasteiger partial charge in [0.25, 0.3) is 5.91 Å². The molecule has 0 fully saturated rings. The molecule has 0 aliphatic rings. The van der Waals surface area contributed by atoms with Gasteiger partial charge in [-0.25, -0.2) is 4.79 Å². The molecule has 1 N–H and O–H groups in total. The maximum atomic E-state index is 12.3.